The van der Waals surface area contributed by atoms with Crippen molar-refractivity contribution in [2.24, 2.45) is 11.8 Å². The van der Waals surface area contributed by atoms with Gasteiger partial charge < -0.3 is 9.64 Å². The van der Waals surface area contributed by atoms with Crippen LogP contribution in [0.4, 0.5) is 0 Å². The third-order valence-electron chi connectivity index (χ3n) is 5.65. The van der Waals surface area contributed by atoms with Gasteiger partial charge in [-0.15, -0.1) is 0 Å². The minimum absolute atomic E-state index is 0.716. The smallest absolute Gasteiger partial charge is 0.119 e. The molecular formula is C20H32N2O. The fourth-order valence-corrected chi connectivity index (χ4v) is 3.92. The highest BCUT2D eigenvalue weighted by atomic mass is 16.5. The minimum atomic E-state index is 0.716. The fourth-order valence-electron chi connectivity index (χ4n) is 3.92. The molecule has 3 rings (SSSR count). The summed E-state index contributed by atoms with van der Waals surface area (Å²) in [6, 6.07) is 9.07. The number of piperidine rings is 1. The molecule has 0 bridgehead atoms. The predicted octanol–water partition coefficient (Wildman–Crippen LogP) is 3.43. The Balaban J connectivity index is 1.30. The highest BCUT2D eigenvalue weighted by Gasteiger charge is 2.35. The number of hydrogen-bond acceptors (Lipinski definition) is 3. The average molecular weight is 316 g/mol. The van der Waals surface area contributed by atoms with Gasteiger partial charge in [0.05, 0.1) is 0 Å². The van der Waals surface area contributed by atoms with E-state index >= 15 is 0 Å². The van der Waals surface area contributed by atoms with Gasteiger partial charge >= 0.3 is 0 Å². The second-order valence-corrected chi connectivity index (χ2v) is 7.65. The monoisotopic (exact) mass is 316 g/mol. The third kappa shape index (κ3) is 4.48. The highest BCUT2D eigenvalue weighted by molar-refractivity contribution is 5.26. The molecule has 0 saturated carbocycles. The van der Waals surface area contributed by atoms with E-state index in [4.69, 9.17) is 4.74 Å². The summed E-state index contributed by atoms with van der Waals surface area (Å²) in [5.74, 6) is 2.89. The van der Waals surface area contributed by atoms with E-state index in [0.717, 1.165) is 30.7 Å². The van der Waals surface area contributed by atoms with Crippen molar-refractivity contribution in [3.63, 3.8) is 0 Å². The number of hydrogen-bond donors (Lipinski definition) is 0. The maximum Gasteiger partial charge on any atom is 0.119 e. The number of aryl methyl sites for hydroxylation is 1. The topological polar surface area (TPSA) is 15.7 Å². The molecule has 0 aliphatic carbocycles. The summed E-state index contributed by atoms with van der Waals surface area (Å²) in [5.41, 5.74) is 1.28. The van der Waals surface area contributed by atoms with Crippen LogP contribution >= 0.6 is 0 Å². The molecule has 0 amide bonds. The van der Waals surface area contributed by atoms with E-state index in [0.29, 0.717) is 6.04 Å². The zero-order chi connectivity index (χ0) is 16.2. The molecule has 0 aromatic heterocycles. The van der Waals surface area contributed by atoms with Crippen molar-refractivity contribution in [3.8, 4) is 5.75 Å². The predicted molar refractivity (Wildman–Crippen MR) is 96.0 cm³/mol. The van der Waals surface area contributed by atoms with Crippen molar-refractivity contribution in [1.82, 2.24) is 9.80 Å². The first kappa shape index (κ1) is 16.8. The molecule has 2 aliphatic heterocycles. The Hall–Kier alpha value is -1.06. The lowest BCUT2D eigenvalue weighted by Crippen LogP contribution is -2.53. The first-order chi connectivity index (χ1) is 11.1. The van der Waals surface area contributed by atoms with Crippen molar-refractivity contribution < 1.29 is 4.74 Å². The summed E-state index contributed by atoms with van der Waals surface area (Å²) >= 11 is 0. The quantitative estimate of drug-likeness (QED) is 0.800. The van der Waals surface area contributed by atoms with Crippen LogP contribution in [-0.4, -0.2) is 55.2 Å². The molecule has 0 atom stereocenters. The molecule has 2 saturated heterocycles. The summed E-state index contributed by atoms with van der Waals surface area (Å²) in [5, 5.41) is 0. The molecule has 0 spiro atoms. The van der Waals surface area contributed by atoms with Gasteiger partial charge in [0.2, 0.25) is 0 Å². The summed E-state index contributed by atoms with van der Waals surface area (Å²) in [6.45, 7) is 13.8. The molecule has 3 nitrogen and oxygen atoms in total. The number of nitrogens with zero attached hydrogens (tertiary/aromatic N) is 2. The largest absolute Gasteiger partial charge is 0.492 e. The van der Waals surface area contributed by atoms with Crippen LogP contribution in [-0.2, 0) is 0 Å². The Labute approximate surface area is 141 Å². The molecule has 0 N–H and O–H groups in total. The van der Waals surface area contributed by atoms with Crippen molar-refractivity contribution >= 4 is 0 Å². The SMILES string of the molecule is Cc1ccc(OCCN2CC(C3CCN(C(C)C)CC3)C2)cc1. The van der Waals surface area contributed by atoms with Crippen molar-refractivity contribution in [1.29, 1.82) is 0 Å². The van der Waals surface area contributed by atoms with Gasteiger partial charge in [-0.25, -0.2) is 0 Å². The first-order valence-corrected chi connectivity index (χ1v) is 9.27. The van der Waals surface area contributed by atoms with Gasteiger partial charge in [-0.1, -0.05) is 17.7 Å². The molecule has 3 heteroatoms. The van der Waals surface area contributed by atoms with Crippen LogP contribution in [0.1, 0.15) is 32.3 Å². The van der Waals surface area contributed by atoms with Gasteiger partial charge in [0.15, 0.2) is 0 Å². The number of likely N-dealkylation sites (tertiary alicyclic amines) is 2. The molecule has 2 fully saturated rings. The van der Waals surface area contributed by atoms with E-state index in [-0.39, 0.29) is 0 Å². The lowest BCUT2D eigenvalue weighted by Gasteiger charge is -2.46. The van der Waals surface area contributed by atoms with Gasteiger partial charge in [-0.2, -0.15) is 0 Å². The van der Waals surface area contributed by atoms with Crippen LogP contribution in [0.3, 0.4) is 0 Å². The van der Waals surface area contributed by atoms with E-state index in [1.807, 2.05) is 0 Å². The van der Waals surface area contributed by atoms with Crippen molar-refractivity contribution in [2.75, 3.05) is 39.3 Å². The summed E-state index contributed by atoms with van der Waals surface area (Å²) in [4.78, 5) is 5.18. The second kappa shape index (κ2) is 7.67. The minimum Gasteiger partial charge on any atom is -0.492 e. The van der Waals surface area contributed by atoms with E-state index in [2.05, 4.69) is 54.8 Å². The van der Waals surface area contributed by atoms with Gasteiger partial charge in [0, 0.05) is 25.7 Å². The molecule has 23 heavy (non-hydrogen) atoms. The van der Waals surface area contributed by atoms with Gasteiger partial charge in [0.1, 0.15) is 12.4 Å². The lowest BCUT2D eigenvalue weighted by molar-refractivity contribution is 0.0163. The third-order valence-corrected chi connectivity index (χ3v) is 5.65. The van der Waals surface area contributed by atoms with Crippen molar-refractivity contribution in [3.05, 3.63) is 29.8 Å². The van der Waals surface area contributed by atoms with Crippen molar-refractivity contribution in [2.45, 2.75) is 39.7 Å². The van der Waals surface area contributed by atoms with Crippen LogP contribution in [0.5, 0.6) is 5.75 Å². The molecule has 2 aliphatic rings. The zero-order valence-corrected chi connectivity index (χ0v) is 15.0. The van der Waals surface area contributed by atoms with Crippen LogP contribution in [0.2, 0.25) is 0 Å². The standard InChI is InChI=1S/C20H32N2O/c1-16(2)22-10-8-18(9-11-22)19-14-21(15-19)12-13-23-20-6-4-17(3)5-7-20/h4-7,16,18-19H,8-15H2,1-3H3. The van der Waals surface area contributed by atoms with Crippen LogP contribution in [0.25, 0.3) is 0 Å². The van der Waals surface area contributed by atoms with E-state index < -0.39 is 0 Å². The van der Waals surface area contributed by atoms with Gasteiger partial charge in [-0.3, -0.25) is 4.90 Å². The number of rotatable bonds is 6. The summed E-state index contributed by atoms with van der Waals surface area (Å²) < 4.78 is 5.84. The summed E-state index contributed by atoms with van der Waals surface area (Å²) in [7, 11) is 0. The molecule has 1 aromatic rings. The molecule has 128 valence electrons. The average Bonchev–Trinajstić information content (AvgIpc) is 2.51. The van der Waals surface area contributed by atoms with E-state index in [1.165, 1.54) is 44.6 Å². The van der Waals surface area contributed by atoms with Gasteiger partial charge in [0.25, 0.3) is 0 Å². The molecule has 0 radical (unpaired) electrons. The molecule has 2 heterocycles. The summed E-state index contributed by atoms with van der Waals surface area (Å²) in [6.07, 6.45) is 2.80. The second-order valence-electron chi connectivity index (χ2n) is 7.65. The maximum absolute atomic E-state index is 5.84. The van der Waals surface area contributed by atoms with Crippen LogP contribution in [0, 0.1) is 18.8 Å². The normalized spacial score (nSPS) is 21.6. The van der Waals surface area contributed by atoms with Crippen LogP contribution < -0.4 is 4.74 Å². The maximum atomic E-state index is 5.84. The zero-order valence-electron chi connectivity index (χ0n) is 15.0. The Morgan fingerprint density at radius 3 is 2.30 bits per heavy atom. The molecular weight excluding hydrogens is 284 g/mol. The molecule has 1 aromatic carbocycles. The lowest BCUT2D eigenvalue weighted by atomic mass is 9.79. The number of ether oxygens (including phenoxy) is 1. The van der Waals surface area contributed by atoms with E-state index in [1.54, 1.807) is 0 Å². The highest BCUT2D eigenvalue weighted by Crippen LogP contribution is 2.32. The molecule has 0 unspecified atom stereocenters. The Kier molecular flexibility index (Phi) is 5.60. The van der Waals surface area contributed by atoms with E-state index in [9.17, 15) is 0 Å². The Morgan fingerprint density at radius 2 is 1.70 bits per heavy atom. The first-order valence-electron chi connectivity index (χ1n) is 9.27. The fraction of sp³-hybridized carbons (Fsp3) is 0.700. The Morgan fingerprint density at radius 1 is 1.04 bits per heavy atom. The number of benzene rings is 1. The van der Waals surface area contributed by atoms with Gasteiger partial charge in [-0.05, 0) is 70.7 Å². The Bertz CT molecular complexity index is 471. The van der Waals surface area contributed by atoms with Crippen LogP contribution in [0.15, 0.2) is 24.3 Å².